The molecule has 0 aliphatic rings. The van der Waals surface area contributed by atoms with Crippen molar-refractivity contribution >= 4 is 23.3 Å². The molecule has 0 spiro atoms. The van der Waals surface area contributed by atoms with E-state index in [2.05, 4.69) is 77.2 Å². The van der Waals surface area contributed by atoms with Crippen LogP contribution in [0.2, 0.25) is 0 Å². The zero-order chi connectivity index (χ0) is 28.8. The van der Waals surface area contributed by atoms with Crippen LogP contribution in [-0.4, -0.2) is 11.9 Å². The summed E-state index contributed by atoms with van der Waals surface area (Å²) in [7, 11) is 0. The molecule has 0 saturated heterocycles. The van der Waals surface area contributed by atoms with Gasteiger partial charge in [-0.05, 0) is 111 Å². The van der Waals surface area contributed by atoms with E-state index in [9.17, 15) is 0 Å². The third-order valence-electron chi connectivity index (χ3n) is 7.77. The number of rotatable bonds is 22. The second-order valence-corrected chi connectivity index (χ2v) is 11.8. The largest absolute Gasteiger partial charge is 0.255 e. The van der Waals surface area contributed by atoms with Crippen molar-refractivity contribution < 1.29 is 0 Å². The quantitative estimate of drug-likeness (QED) is 0.104. The Labute approximate surface area is 248 Å². The highest BCUT2D eigenvalue weighted by Crippen LogP contribution is 2.24. The van der Waals surface area contributed by atoms with E-state index in [4.69, 9.17) is 9.98 Å². The highest BCUT2D eigenvalue weighted by atomic mass is 14.8. The first-order chi connectivity index (χ1) is 19.6. The van der Waals surface area contributed by atoms with Crippen molar-refractivity contribution in [3.8, 4) is 0 Å². The molecule has 0 N–H and O–H groups in total. The molecule has 0 aliphatic carbocycles. The number of nitrogens with zero attached hydrogens (tertiary/aromatic N) is 2. The normalized spacial score (nSPS) is 12.1. The first kappa shape index (κ1) is 34.0. The maximum absolute atomic E-state index is 5.22. The van der Waals surface area contributed by atoms with Crippen LogP contribution >= 0.6 is 0 Å². The van der Waals surface area contributed by atoms with Gasteiger partial charge in [0.25, 0.3) is 0 Å². The van der Waals surface area contributed by atoms with Crippen LogP contribution in [0.15, 0.2) is 46.4 Å². The summed E-state index contributed by atoms with van der Waals surface area (Å²) >= 11 is 0. The van der Waals surface area contributed by atoms with Crippen molar-refractivity contribution in [3.05, 3.63) is 58.7 Å². The molecular weight excluding hydrogens is 484 g/mol. The summed E-state index contributed by atoms with van der Waals surface area (Å²) in [5, 5.41) is 0. The summed E-state index contributed by atoms with van der Waals surface area (Å²) in [6.45, 7) is 11.4. The lowest BCUT2D eigenvalue weighted by molar-refractivity contribution is 0.708. The standard InChI is InChI=1S/C38H60N2/c1-6-11-16-20-32-25-33(21-17-12-7-2)28-37(27-32)39-31-36(24-15-10-5)40-38-29-34(22-18-13-8-3)26-35(30-38)23-19-14-9-4/h25-31H,6-24H2,1-5H3. The van der Waals surface area contributed by atoms with E-state index in [0.717, 1.165) is 55.6 Å². The van der Waals surface area contributed by atoms with Crippen LogP contribution < -0.4 is 0 Å². The lowest BCUT2D eigenvalue weighted by Crippen LogP contribution is -2.00. The number of benzene rings is 2. The van der Waals surface area contributed by atoms with Gasteiger partial charge >= 0.3 is 0 Å². The molecule has 0 aromatic heterocycles. The molecule has 0 unspecified atom stereocenters. The molecule has 2 heteroatoms. The number of aryl methyl sites for hydroxylation is 4. The Balaban J connectivity index is 2.35. The van der Waals surface area contributed by atoms with E-state index in [1.807, 2.05) is 0 Å². The molecule has 0 bridgehead atoms. The molecule has 2 rings (SSSR count). The van der Waals surface area contributed by atoms with E-state index in [-0.39, 0.29) is 0 Å². The SMILES string of the molecule is CCCCCc1cc(CCCCC)cc(N=CC(CCCC)=Nc2cc(CCCCC)cc(CCCCC)c2)c1. The Morgan fingerprint density at radius 1 is 0.475 bits per heavy atom. The van der Waals surface area contributed by atoms with Gasteiger partial charge in [-0.15, -0.1) is 0 Å². The van der Waals surface area contributed by atoms with Crippen molar-refractivity contribution in [1.82, 2.24) is 0 Å². The molecular formula is C38H60N2. The Kier molecular flexibility index (Phi) is 18.3. The molecule has 0 aliphatic heterocycles. The summed E-state index contributed by atoms with van der Waals surface area (Å²) in [4.78, 5) is 10.3. The third-order valence-corrected chi connectivity index (χ3v) is 7.77. The minimum absolute atomic E-state index is 0.977. The maximum Gasteiger partial charge on any atom is 0.0639 e. The Bertz CT molecular complexity index is 944. The lowest BCUT2D eigenvalue weighted by Gasteiger charge is -2.10. The molecule has 0 atom stereocenters. The second kappa shape index (κ2) is 21.5. The molecule has 0 fully saturated rings. The number of hydrogen-bond donors (Lipinski definition) is 0. The fourth-order valence-corrected chi connectivity index (χ4v) is 5.34. The van der Waals surface area contributed by atoms with Crippen molar-refractivity contribution in [3.63, 3.8) is 0 Å². The smallest absolute Gasteiger partial charge is 0.0639 e. The predicted molar refractivity (Wildman–Crippen MR) is 181 cm³/mol. The van der Waals surface area contributed by atoms with E-state index < -0.39 is 0 Å². The van der Waals surface area contributed by atoms with Crippen LogP contribution in [0, 0.1) is 0 Å². The van der Waals surface area contributed by atoms with Gasteiger partial charge in [0.2, 0.25) is 0 Å². The average molecular weight is 545 g/mol. The molecule has 2 aromatic carbocycles. The molecule has 0 radical (unpaired) electrons. The molecule has 40 heavy (non-hydrogen) atoms. The van der Waals surface area contributed by atoms with Gasteiger partial charge in [-0.2, -0.15) is 0 Å². The van der Waals surface area contributed by atoms with Gasteiger partial charge in [0.1, 0.15) is 0 Å². The second-order valence-electron chi connectivity index (χ2n) is 11.8. The maximum atomic E-state index is 5.22. The number of unbranched alkanes of at least 4 members (excludes halogenated alkanes) is 9. The van der Waals surface area contributed by atoms with Gasteiger partial charge in [-0.25, -0.2) is 0 Å². The Morgan fingerprint density at radius 2 is 0.850 bits per heavy atom. The summed E-state index contributed by atoms with van der Waals surface area (Å²) in [6.07, 6.45) is 25.2. The molecule has 0 amide bonds. The van der Waals surface area contributed by atoms with Crippen LogP contribution in [0.5, 0.6) is 0 Å². The molecule has 0 heterocycles. The zero-order valence-corrected chi connectivity index (χ0v) is 26.9. The third kappa shape index (κ3) is 14.4. The fraction of sp³-hybridized carbons (Fsp3) is 0.632. The van der Waals surface area contributed by atoms with Gasteiger partial charge in [0.15, 0.2) is 0 Å². The molecule has 222 valence electrons. The van der Waals surface area contributed by atoms with Crippen LogP contribution in [0.1, 0.15) is 153 Å². The Morgan fingerprint density at radius 3 is 1.23 bits per heavy atom. The summed E-state index contributed by atoms with van der Waals surface area (Å²) in [6, 6.07) is 14.2. The van der Waals surface area contributed by atoms with Crippen molar-refractivity contribution in [1.29, 1.82) is 0 Å². The van der Waals surface area contributed by atoms with E-state index in [1.54, 1.807) is 0 Å². The van der Waals surface area contributed by atoms with Crippen LogP contribution in [0.4, 0.5) is 11.4 Å². The highest BCUT2D eigenvalue weighted by molar-refractivity contribution is 6.31. The first-order valence-corrected chi connectivity index (χ1v) is 17.0. The van der Waals surface area contributed by atoms with Crippen LogP contribution in [0.3, 0.4) is 0 Å². The van der Waals surface area contributed by atoms with Crippen LogP contribution in [-0.2, 0) is 25.7 Å². The van der Waals surface area contributed by atoms with E-state index in [1.165, 1.54) is 106 Å². The van der Waals surface area contributed by atoms with Gasteiger partial charge in [-0.1, -0.05) is 105 Å². The van der Waals surface area contributed by atoms with Crippen molar-refractivity contribution in [2.75, 3.05) is 0 Å². The minimum Gasteiger partial charge on any atom is -0.255 e. The lowest BCUT2D eigenvalue weighted by atomic mass is 10.00. The molecule has 0 saturated carbocycles. The Hall–Kier alpha value is -2.22. The average Bonchev–Trinajstić information content (AvgIpc) is 2.95. The number of hydrogen-bond acceptors (Lipinski definition) is 2. The van der Waals surface area contributed by atoms with Crippen molar-refractivity contribution in [2.24, 2.45) is 9.98 Å². The van der Waals surface area contributed by atoms with Gasteiger partial charge in [-0.3, -0.25) is 9.98 Å². The molecule has 2 aromatic rings. The zero-order valence-electron chi connectivity index (χ0n) is 26.9. The van der Waals surface area contributed by atoms with Gasteiger partial charge in [0, 0.05) is 6.21 Å². The monoisotopic (exact) mass is 544 g/mol. The topological polar surface area (TPSA) is 24.7 Å². The summed E-state index contributed by atoms with van der Waals surface area (Å²) < 4.78 is 0. The first-order valence-electron chi connectivity index (χ1n) is 17.0. The molecule has 2 nitrogen and oxygen atoms in total. The minimum atomic E-state index is 0.977. The summed E-state index contributed by atoms with van der Waals surface area (Å²) in [5.74, 6) is 0. The van der Waals surface area contributed by atoms with Gasteiger partial charge < -0.3 is 0 Å². The summed E-state index contributed by atoms with van der Waals surface area (Å²) in [5.41, 5.74) is 9.10. The fourth-order valence-electron chi connectivity index (χ4n) is 5.34. The van der Waals surface area contributed by atoms with E-state index >= 15 is 0 Å². The van der Waals surface area contributed by atoms with Crippen molar-refractivity contribution in [2.45, 2.75) is 157 Å². The van der Waals surface area contributed by atoms with Crippen LogP contribution in [0.25, 0.3) is 0 Å². The highest BCUT2D eigenvalue weighted by Gasteiger charge is 2.06. The van der Waals surface area contributed by atoms with E-state index in [0.29, 0.717) is 0 Å². The van der Waals surface area contributed by atoms with Gasteiger partial charge in [0.05, 0.1) is 17.1 Å². The predicted octanol–water partition coefficient (Wildman–Crippen LogP) is 12.3. The number of aliphatic imine (C=N–C) groups is 2.